The molecule has 1 aromatic heterocycles. The first kappa shape index (κ1) is 28.1. The first-order chi connectivity index (χ1) is 16.7. The highest BCUT2D eigenvalue weighted by atomic mass is 16.5. The van der Waals surface area contributed by atoms with E-state index in [1.807, 2.05) is 0 Å². The minimum atomic E-state index is -0.660. The van der Waals surface area contributed by atoms with Crippen LogP contribution in [0.4, 0.5) is 0 Å². The highest BCUT2D eigenvalue weighted by Crippen LogP contribution is 2.35. The first-order valence-electron chi connectivity index (χ1n) is 13.7. The van der Waals surface area contributed by atoms with Gasteiger partial charge in [0.1, 0.15) is 0 Å². The quantitative estimate of drug-likeness (QED) is 0.154. The predicted molar refractivity (Wildman–Crippen MR) is 140 cm³/mol. The largest absolute Gasteiger partial charge is 0.504 e. The molecule has 0 fully saturated rings. The average molecular weight is 475 g/mol. The van der Waals surface area contributed by atoms with Crippen molar-refractivity contribution in [3.63, 3.8) is 0 Å². The molecule has 1 aromatic carbocycles. The Kier molecular flexibility index (Phi) is 14.3. The van der Waals surface area contributed by atoms with Crippen LogP contribution in [0.1, 0.15) is 117 Å². The molecule has 0 amide bonds. The monoisotopic (exact) mass is 474 g/mol. The van der Waals surface area contributed by atoms with Crippen LogP contribution in [-0.4, -0.2) is 18.3 Å². The van der Waals surface area contributed by atoms with Crippen LogP contribution in [0.15, 0.2) is 27.4 Å². The van der Waals surface area contributed by atoms with Crippen LogP contribution in [-0.2, 0) is 0 Å². The summed E-state index contributed by atoms with van der Waals surface area (Å²) in [6.45, 7) is 5.42. The van der Waals surface area contributed by atoms with E-state index < -0.39 is 5.63 Å². The molecule has 2 rings (SSSR count). The Morgan fingerprint density at radius 2 is 1.21 bits per heavy atom. The summed E-state index contributed by atoms with van der Waals surface area (Å²) in [5.41, 5.74) is -0.378. The number of aromatic hydroxyl groups is 1. The lowest BCUT2D eigenvalue weighted by Crippen LogP contribution is -2.09. The Labute approximate surface area is 205 Å². The van der Waals surface area contributed by atoms with Crippen molar-refractivity contribution in [2.75, 3.05) is 13.2 Å². The van der Waals surface area contributed by atoms with Crippen LogP contribution < -0.4 is 15.1 Å². The van der Waals surface area contributed by atoms with Gasteiger partial charge in [-0.25, -0.2) is 4.79 Å². The maximum absolute atomic E-state index is 12.5. The molecule has 1 heterocycles. The van der Waals surface area contributed by atoms with E-state index in [1.165, 1.54) is 77.0 Å². The Hall–Kier alpha value is -2.17. The molecule has 1 N–H and O–H groups in total. The molecule has 0 saturated carbocycles. The van der Waals surface area contributed by atoms with Crippen LogP contribution in [0, 0.1) is 0 Å². The lowest BCUT2D eigenvalue weighted by atomic mass is 10.1. The highest BCUT2D eigenvalue weighted by molar-refractivity contribution is 5.89. The number of hydrogen-bond donors (Lipinski definition) is 1. The van der Waals surface area contributed by atoms with Gasteiger partial charge in [-0.2, -0.15) is 0 Å². The van der Waals surface area contributed by atoms with Crippen LogP contribution in [0.5, 0.6) is 17.2 Å². The van der Waals surface area contributed by atoms with E-state index in [-0.39, 0.29) is 17.1 Å². The second kappa shape index (κ2) is 17.3. The number of para-hydroxylation sites is 1. The maximum atomic E-state index is 12.5. The van der Waals surface area contributed by atoms with Crippen LogP contribution >= 0.6 is 0 Å². The van der Waals surface area contributed by atoms with Gasteiger partial charge >= 0.3 is 5.63 Å². The standard InChI is InChI=1S/C29H46O5/c1-3-5-7-9-11-13-15-17-22-32-25-21-19-20-24-26(30)28(29(31)34-27(24)25)33-23-18-16-14-12-10-8-6-4-2/h19-21,30H,3-18,22-23H2,1-2H3. The lowest BCUT2D eigenvalue weighted by Gasteiger charge is -2.11. The van der Waals surface area contributed by atoms with E-state index in [0.29, 0.717) is 24.3 Å². The second-order valence-corrected chi connectivity index (χ2v) is 9.35. The highest BCUT2D eigenvalue weighted by Gasteiger charge is 2.18. The number of ether oxygens (including phenoxy) is 2. The van der Waals surface area contributed by atoms with Crippen molar-refractivity contribution in [3.8, 4) is 17.2 Å². The van der Waals surface area contributed by atoms with Crippen molar-refractivity contribution >= 4 is 11.0 Å². The van der Waals surface area contributed by atoms with E-state index in [4.69, 9.17) is 13.9 Å². The van der Waals surface area contributed by atoms with Crippen molar-refractivity contribution in [3.05, 3.63) is 28.6 Å². The third-order valence-corrected chi connectivity index (χ3v) is 6.33. The zero-order chi connectivity index (χ0) is 24.4. The number of rotatable bonds is 20. The third-order valence-electron chi connectivity index (χ3n) is 6.33. The van der Waals surface area contributed by atoms with Crippen LogP contribution in [0.3, 0.4) is 0 Å². The zero-order valence-corrected chi connectivity index (χ0v) is 21.5. The van der Waals surface area contributed by atoms with E-state index in [9.17, 15) is 9.90 Å². The third kappa shape index (κ3) is 9.99. The fourth-order valence-electron chi connectivity index (χ4n) is 4.23. The molecule has 0 radical (unpaired) electrons. The summed E-state index contributed by atoms with van der Waals surface area (Å²) >= 11 is 0. The van der Waals surface area contributed by atoms with Crippen molar-refractivity contribution in [2.24, 2.45) is 0 Å². The molecule has 0 unspecified atom stereocenters. The summed E-state index contributed by atoms with van der Waals surface area (Å²) in [5, 5.41) is 11.1. The summed E-state index contributed by atoms with van der Waals surface area (Å²) in [6, 6.07) is 5.30. The molecule has 34 heavy (non-hydrogen) atoms. The van der Waals surface area contributed by atoms with Gasteiger partial charge in [0.25, 0.3) is 0 Å². The molecule has 0 aliphatic rings. The fraction of sp³-hybridized carbons (Fsp3) is 0.690. The van der Waals surface area contributed by atoms with Gasteiger partial charge in [0.05, 0.1) is 18.6 Å². The van der Waals surface area contributed by atoms with E-state index in [1.54, 1.807) is 18.2 Å². The minimum absolute atomic E-state index is 0.101. The maximum Gasteiger partial charge on any atom is 0.383 e. The van der Waals surface area contributed by atoms with Crippen LogP contribution in [0.2, 0.25) is 0 Å². The molecular formula is C29H46O5. The van der Waals surface area contributed by atoms with Crippen molar-refractivity contribution < 1.29 is 19.0 Å². The zero-order valence-electron chi connectivity index (χ0n) is 21.5. The molecule has 0 aliphatic carbocycles. The molecule has 0 bridgehead atoms. The number of unbranched alkanes of at least 4 members (excludes halogenated alkanes) is 14. The summed E-state index contributed by atoms with van der Waals surface area (Å²) in [4.78, 5) is 12.5. The molecule has 0 aliphatic heterocycles. The number of fused-ring (bicyclic) bond motifs is 1. The van der Waals surface area contributed by atoms with Gasteiger partial charge in [-0.1, -0.05) is 110 Å². The van der Waals surface area contributed by atoms with Crippen molar-refractivity contribution in [1.29, 1.82) is 0 Å². The van der Waals surface area contributed by atoms with Gasteiger partial charge in [0, 0.05) is 0 Å². The van der Waals surface area contributed by atoms with Gasteiger partial charge in [-0.05, 0) is 25.0 Å². The molecule has 192 valence electrons. The van der Waals surface area contributed by atoms with Crippen LogP contribution in [0.25, 0.3) is 11.0 Å². The van der Waals surface area contributed by atoms with Crippen molar-refractivity contribution in [1.82, 2.24) is 0 Å². The average Bonchev–Trinajstić information content (AvgIpc) is 2.84. The first-order valence-corrected chi connectivity index (χ1v) is 13.7. The smallest absolute Gasteiger partial charge is 0.383 e. The van der Waals surface area contributed by atoms with Gasteiger partial charge in [-0.15, -0.1) is 0 Å². The Morgan fingerprint density at radius 1 is 0.706 bits per heavy atom. The van der Waals surface area contributed by atoms with Gasteiger partial charge in [-0.3, -0.25) is 0 Å². The Bertz CT molecular complexity index is 857. The molecule has 5 heteroatoms. The topological polar surface area (TPSA) is 68.9 Å². The van der Waals surface area contributed by atoms with Gasteiger partial charge < -0.3 is 19.0 Å². The normalized spacial score (nSPS) is 11.2. The van der Waals surface area contributed by atoms with Gasteiger partial charge in [0.15, 0.2) is 17.1 Å². The van der Waals surface area contributed by atoms with E-state index >= 15 is 0 Å². The summed E-state index contributed by atoms with van der Waals surface area (Å²) in [6.07, 6.45) is 19.3. The molecule has 0 atom stereocenters. The van der Waals surface area contributed by atoms with Crippen molar-refractivity contribution in [2.45, 2.75) is 117 Å². The molecule has 0 spiro atoms. The molecule has 5 nitrogen and oxygen atoms in total. The summed E-state index contributed by atoms with van der Waals surface area (Å²) in [5.74, 6) is 0.224. The fourth-order valence-corrected chi connectivity index (χ4v) is 4.23. The number of hydrogen-bond acceptors (Lipinski definition) is 5. The SMILES string of the molecule is CCCCCCCCCCOc1c(O)c2cccc(OCCCCCCCCCC)c2oc1=O. The Morgan fingerprint density at radius 3 is 1.76 bits per heavy atom. The van der Waals surface area contributed by atoms with E-state index in [0.717, 1.165) is 25.7 Å². The lowest BCUT2D eigenvalue weighted by molar-refractivity contribution is 0.272. The molecule has 2 aromatic rings. The summed E-state index contributed by atoms with van der Waals surface area (Å²) in [7, 11) is 0. The van der Waals surface area contributed by atoms with E-state index in [2.05, 4.69) is 13.8 Å². The minimum Gasteiger partial charge on any atom is -0.504 e. The molecular weight excluding hydrogens is 428 g/mol. The predicted octanol–water partition coefficient (Wildman–Crippen LogP) is 8.54. The molecule has 0 saturated heterocycles. The number of benzene rings is 1. The second-order valence-electron chi connectivity index (χ2n) is 9.35. The summed E-state index contributed by atoms with van der Waals surface area (Å²) < 4.78 is 17.0. The Balaban J connectivity index is 1.79. The van der Waals surface area contributed by atoms with Gasteiger partial charge in [0.2, 0.25) is 5.75 Å².